The summed E-state index contributed by atoms with van der Waals surface area (Å²) in [5.41, 5.74) is 0.775. The Morgan fingerprint density at radius 3 is 2.53 bits per heavy atom. The second-order valence-corrected chi connectivity index (χ2v) is 6.94. The lowest BCUT2D eigenvalue weighted by molar-refractivity contribution is 0.199. The lowest BCUT2D eigenvalue weighted by Crippen LogP contribution is -2.22. The van der Waals surface area contributed by atoms with E-state index in [1.54, 1.807) is 31.4 Å². The second-order valence-electron chi connectivity index (χ2n) is 4.31. The Hall–Kier alpha value is -0.620. The Balaban J connectivity index is 2.30. The van der Waals surface area contributed by atoms with E-state index < -0.39 is 9.84 Å². The fraction of sp³-hybridized carbons (Fsp3) is 0.538. The molecule has 0 saturated heterocycles. The molecule has 0 heterocycles. The van der Waals surface area contributed by atoms with Crippen molar-refractivity contribution in [3.63, 3.8) is 0 Å². The number of hydrogen-bond donors (Lipinski definition) is 1. The molecule has 0 aliphatic heterocycles. The first-order valence-corrected chi connectivity index (χ1v) is 8.38. The topological polar surface area (TPSA) is 55.4 Å². The van der Waals surface area contributed by atoms with Gasteiger partial charge in [-0.25, -0.2) is 8.42 Å². The van der Waals surface area contributed by atoms with Crippen molar-refractivity contribution in [1.82, 2.24) is 5.32 Å². The zero-order valence-corrected chi connectivity index (χ0v) is 12.6. The van der Waals surface area contributed by atoms with Crippen LogP contribution in [0.2, 0.25) is 5.02 Å². The van der Waals surface area contributed by atoms with E-state index >= 15 is 0 Å². The molecule has 0 fully saturated rings. The van der Waals surface area contributed by atoms with Crippen LogP contribution in [0.5, 0.6) is 0 Å². The van der Waals surface area contributed by atoms with Crippen molar-refractivity contribution >= 4 is 21.4 Å². The largest absolute Gasteiger partial charge is 0.383 e. The highest BCUT2D eigenvalue weighted by molar-refractivity contribution is 7.90. The summed E-state index contributed by atoms with van der Waals surface area (Å²) in [6.07, 6.45) is 0.611. The highest BCUT2D eigenvalue weighted by Gasteiger charge is 2.11. The third-order valence-electron chi connectivity index (χ3n) is 2.59. The lowest BCUT2D eigenvalue weighted by Gasteiger charge is -2.06. The third kappa shape index (κ3) is 7.52. The van der Waals surface area contributed by atoms with Crippen LogP contribution in [0.1, 0.15) is 12.0 Å². The monoisotopic (exact) mass is 305 g/mol. The van der Waals surface area contributed by atoms with E-state index in [0.717, 1.165) is 12.1 Å². The van der Waals surface area contributed by atoms with Crippen molar-refractivity contribution in [3.8, 4) is 0 Å². The molecule has 0 bridgehead atoms. The van der Waals surface area contributed by atoms with Gasteiger partial charge in [0.15, 0.2) is 9.84 Å². The molecule has 1 aromatic rings. The summed E-state index contributed by atoms with van der Waals surface area (Å²) < 4.78 is 28.7. The summed E-state index contributed by atoms with van der Waals surface area (Å²) in [4.78, 5) is 0. The number of rotatable bonds is 9. The highest BCUT2D eigenvalue weighted by Crippen LogP contribution is 2.12. The molecule has 4 nitrogen and oxygen atoms in total. The molecule has 0 atom stereocenters. The van der Waals surface area contributed by atoms with Gasteiger partial charge in [0.25, 0.3) is 0 Å². The van der Waals surface area contributed by atoms with E-state index in [9.17, 15) is 8.42 Å². The molecule has 0 aromatic heterocycles. The first-order chi connectivity index (χ1) is 9.03. The van der Waals surface area contributed by atoms with Crippen LogP contribution in [0.25, 0.3) is 0 Å². The van der Waals surface area contributed by atoms with Crippen molar-refractivity contribution in [2.24, 2.45) is 0 Å². The predicted molar refractivity (Wildman–Crippen MR) is 78.3 cm³/mol. The molecule has 108 valence electrons. The minimum Gasteiger partial charge on any atom is -0.383 e. The van der Waals surface area contributed by atoms with Crippen LogP contribution in [0, 0.1) is 0 Å². The van der Waals surface area contributed by atoms with Crippen LogP contribution in [0.15, 0.2) is 24.3 Å². The molecule has 19 heavy (non-hydrogen) atoms. The molecule has 6 heteroatoms. The summed E-state index contributed by atoms with van der Waals surface area (Å²) in [6.45, 7) is 2.06. The fourth-order valence-corrected chi connectivity index (χ4v) is 3.18. The minimum absolute atomic E-state index is 0.0717. The van der Waals surface area contributed by atoms with Crippen LogP contribution in [0.3, 0.4) is 0 Å². The number of sulfone groups is 1. The molecule has 0 spiro atoms. The van der Waals surface area contributed by atoms with E-state index in [4.69, 9.17) is 16.3 Å². The maximum atomic E-state index is 11.9. The van der Waals surface area contributed by atoms with Gasteiger partial charge in [-0.2, -0.15) is 0 Å². The number of ether oxygens (including phenoxy) is 1. The SMILES string of the molecule is COCCNCCCS(=O)(=O)Cc1ccc(Cl)cc1. The molecule has 0 aliphatic rings. The van der Waals surface area contributed by atoms with E-state index in [0.29, 0.717) is 24.6 Å². The fourth-order valence-electron chi connectivity index (χ4n) is 1.62. The molecule has 0 amide bonds. The van der Waals surface area contributed by atoms with Crippen molar-refractivity contribution in [3.05, 3.63) is 34.9 Å². The van der Waals surface area contributed by atoms with Gasteiger partial charge in [0, 0.05) is 18.7 Å². The Morgan fingerprint density at radius 2 is 1.89 bits per heavy atom. The standard InChI is InChI=1S/C13H20ClNO3S/c1-18-9-8-15-7-2-10-19(16,17)11-12-3-5-13(14)6-4-12/h3-6,15H,2,7-11H2,1H3. The molecule has 0 saturated carbocycles. The van der Waals surface area contributed by atoms with Gasteiger partial charge < -0.3 is 10.1 Å². The normalized spacial score (nSPS) is 11.7. The lowest BCUT2D eigenvalue weighted by atomic mass is 10.2. The molecule has 1 rings (SSSR count). The van der Waals surface area contributed by atoms with Gasteiger partial charge >= 0.3 is 0 Å². The molecule has 1 N–H and O–H groups in total. The Morgan fingerprint density at radius 1 is 1.21 bits per heavy atom. The van der Waals surface area contributed by atoms with E-state index in [-0.39, 0.29) is 11.5 Å². The number of nitrogens with one attached hydrogen (secondary N) is 1. The summed E-state index contributed by atoms with van der Waals surface area (Å²) in [5, 5.41) is 3.74. The van der Waals surface area contributed by atoms with E-state index in [1.807, 2.05) is 0 Å². The van der Waals surface area contributed by atoms with E-state index in [1.165, 1.54) is 0 Å². The smallest absolute Gasteiger partial charge is 0.154 e. The van der Waals surface area contributed by atoms with Crippen molar-refractivity contribution in [2.45, 2.75) is 12.2 Å². The van der Waals surface area contributed by atoms with Gasteiger partial charge in [-0.15, -0.1) is 0 Å². The molecule has 0 radical (unpaired) electrons. The van der Waals surface area contributed by atoms with Crippen LogP contribution in [-0.4, -0.2) is 41.0 Å². The quantitative estimate of drug-likeness (QED) is 0.708. The molecular weight excluding hydrogens is 286 g/mol. The number of methoxy groups -OCH3 is 1. The summed E-state index contributed by atoms with van der Waals surface area (Å²) in [5.74, 6) is 0.262. The second kappa shape index (κ2) is 8.53. The summed E-state index contributed by atoms with van der Waals surface area (Å²) >= 11 is 5.76. The zero-order chi connectivity index (χ0) is 14.1. The Bertz CT molecular complexity index is 459. The Kier molecular flexibility index (Phi) is 7.38. The van der Waals surface area contributed by atoms with Crippen LogP contribution >= 0.6 is 11.6 Å². The molecule has 1 aromatic carbocycles. The maximum absolute atomic E-state index is 11.9. The van der Waals surface area contributed by atoms with Gasteiger partial charge in [0.05, 0.1) is 18.1 Å². The van der Waals surface area contributed by atoms with Gasteiger partial charge in [0.1, 0.15) is 0 Å². The van der Waals surface area contributed by atoms with Crippen LogP contribution in [-0.2, 0) is 20.3 Å². The summed E-state index contributed by atoms with van der Waals surface area (Å²) in [6, 6.07) is 6.91. The van der Waals surface area contributed by atoms with Crippen molar-refractivity contribution < 1.29 is 13.2 Å². The molecule has 0 aliphatic carbocycles. The van der Waals surface area contributed by atoms with Gasteiger partial charge in [-0.05, 0) is 30.7 Å². The van der Waals surface area contributed by atoms with Crippen LogP contribution in [0.4, 0.5) is 0 Å². The Labute approximate surface area is 120 Å². The van der Waals surface area contributed by atoms with Crippen molar-refractivity contribution in [1.29, 1.82) is 0 Å². The number of halogens is 1. The average Bonchev–Trinajstić information content (AvgIpc) is 2.36. The summed E-state index contributed by atoms with van der Waals surface area (Å²) in [7, 11) is -1.42. The predicted octanol–water partition coefficient (Wildman–Crippen LogP) is 1.88. The molecule has 0 unspecified atom stereocenters. The number of hydrogen-bond acceptors (Lipinski definition) is 4. The highest BCUT2D eigenvalue weighted by atomic mass is 35.5. The molecular formula is C13H20ClNO3S. The first kappa shape index (κ1) is 16.4. The maximum Gasteiger partial charge on any atom is 0.154 e. The average molecular weight is 306 g/mol. The number of benzene rings is 1. The first-order valence-electron chi connectivity index (χ1n) is 6.18. The van der Waals surface area contributed by atoms with E-state index in [2.05, 4.69) is 5.32 Å². The van der Waals surface area contributed by atoms with Gasteiger partial charge in [0.2, 0.25) is 0 Å². The van der Waals surface area contributed by atoms with Crippen LogP contribution < -0.4 is 5.32 Å². The minimum atomic E-state index is -3.05. The zero-order valence-electron chi connectivity index (χ0n) is 11.1. The third-order valence-corrected chi connectivity index (χ3v) is 4.53. The van der Waals surface area contributed by atoms with Gasteiger partial charge in [-0.1, -0.05) is 23.7 Å². The van der Waals surface area contributed by atoms with Gasteiger partial charge in [-0.3, -0.25) is 0 Å². The van der Waals surface area contributed by atoms with Crippen molar-refractivity contribution in [2.75, 3.05) is 32.6 Å².